The molecule has 0 fully saturated rings. The summed E-state index contributed by atoms with van der Waals surface area (Å²) in [6.07, 6.45) is 0. The number of thiophene rings is 1. The van der Waals surface area contributed by atoms with Crippen molar-refractivity contribution >= 4 is 21.4 Å². The van der Waals surface area contributed by atoms with Crippen LogP contribution in [0.1, 0.15) is 11.1 Å². The van der Waals surface area contributed by atoms with Crippen LogP contribution in [-0.2, 0) is 0 Å². The van der Waals surface area contributed by atoms with Crippen LogP contribution in [0.25, 0.3) is 20.5 Å². The zero-order valence-corrected chi connectivity index (χ0v) is 10.8. The largest absolute Gasteiger partial charge is 0.135 e. The Balaban J connectivity index is 2.27. The number of rotatable bonds is 1. The summed E-state index contributed by atoms with van der Waals surface area (Å²) in [6.45, 7) is 4.37. The van der Waals surface area contributed by atoms with Crippen LogP contribution in [0.2, 0.25) is 0 Å². The van der Waals surface area contributed by atoms with Gasteiger partial charge in [0.15, 0.2) is 0 Å². The Kier molecular flexibility index (Phi) is 2.49. The third kappa shape index (κ3) is 1.77. The minimum Gasteiger partial charge on any atom is -0.135 e. The van der Waals surface area contributed by atoms with E-state index in [9.17, 15) is 0 Å². The standard InChI is InChI=1S/C16H14S/c1-11-6-5-7-12(2)16(11)15-10-13-8-3-4-9-14(13)17-15/h3-10H,1-2H3. The molecule has 0 aliphatic heterocycles. The summed E-state index contributed by atoms with van der Waals surface area (Å²) in [7, 11) is 0. The lowest BCUT2D eigenvalue weighted by Gasteiger charge is -2.06. The fourth-order valence-electron chi connectivity index (χ4n) is 2.31. The lowest BCUT2D eigenvalue weighted by atomic mass is 10.0. The molecule has 0 saturated heterocycles. The van der Waals surface area contributed by atoms with Gasteiger partial charge in [-0.1, -0.05) is 36.4 Å². The van der Waals surface area contributed by atoms with Crippen LogP contribution < -0.4 is 0 Å². The minimum atomic E-state index is 1.34. The van der Waals surface area contributed by atoms with E-state index in [0.717, 1.165) is 0 Å². The van der Waals surface area contributed by atoms with Crippen LogP contribution in [0.3, 0.4) is 0 Å². The Hall–Kier alpha value is -1.60. The number of aryl methyl sites for hydroxylation is 2. The Morgan fingerprint density at radius 1 is 0.824 bits per heavy atom. The first-order chi connectivity index (χ1) is 8.25. The van der Waals surface area contributed by atoms with E-state index in [-0.39, 0.29) is 0 Å². The Morgan fingerprint density at radius 2 is 1.53 bits per heavy atom. The molecule has 1 heterocycles. The Labute approximate surface area is 106 Å². The van der Waals surface area contributed by atoms with Crippen LogP contribution >= 0.6 is 11.3 Å². The molecule has 0 nitrogen and oxygen atoms in total. The van der Waals surface area contributed by atoms with Gasteiger partial charge in [-0.05, 0) is 48.1 Å². The molecular weight excluding hydrogens is 224 g/mol. The molecule has 0 amide bonds. The summed E-state index contributed by atoms with van der Waals surface area (Å²) in [6, 6.07) is 17.4. The molecule has 3 rings (SSSR count). The fraction of sp³-hybridized carbons (Fsp3) is 0.125. The smallest absolute Gasteiger partial charge is 0.0360 e. The van der Waals surface area contributed by atoms with Gasteiger partial charge in [0, 0.05) is 9.58 Å². The van der Waals surface area contributed by atoms with Crippen molar-refractivity contribution in [2.75, 3.05) is 0 Å². The Morgan fingerprint density at radius 3 is 2.24 bits per heavy atom. The first-order valence-corrected chi connectivity index (χ1v) is 6.62. The highest BCUT2D eigenvalue weighted by Gasteiger charge is 2.08. The molecule has 0 radical (unpaired) electrons. The molecule has 17 heavy (non-hydrogen) atoms. The molecule has 0 N–H and O–H groups in total. The quantitative estimate of drug-likeness (QED) is 0.547. The van der Waals surface area contributed by atoms with Crippen LogP contribution in [0, 0.1) is 13.8 Å². The monoisotopic (exact) mass is 238 g/mol. The van der Waals surface area contributed by atoms with Gasteiger partial charge in [-0.2, -0.15) is 0 Å². The summed E-state index contributed by atoms with van der Waals surface area (Å²) < 4.78 is 1.37. The lowest BCUT2D eigenvalue weighted by molar-refractivity contribution is 1.39. The van der Waals surface area contributed by atoms with Crippen molar-refractivity contribution in [1.29, 1.82) is 0 Å². The molecule has 84 valence electrons. The molecule has 3 aromatic rings. The van der Waals surface area contributed by atoms with E-state index in [2.05, 4.69) is 62.4 Å². The summed E-state index contributed by atoms with van der Waals surface area (Å²) in [5.74, 6) is 0. The second-order valence-electron chi connectivity index (χ2n) is 4.42. The van der Waals surface area contributed by atoms with Gasteiger partial charge in [0.1, 0.15) is 0 Å². The van der Waals surface area contributed by atoms with Crippen molar-refractivity contribution in [3.8, 4) is 10.4 Å². The second-order valence-corrected chi connectivity index (χ2v) is 5.50. The van der Waals surface area contributed by atoms with E-state index in [1.165, 1.54) is 31.7 Å². The van der Waals surface area contributed by atoms with Gasteiger partial charge in [0.25, 0.3) is 0 Å². The van der Waals surface area contributed by atoms with Crippen LogP contribution in [-0.4, -0.2) is 0 Å². The summed E-state index contributed by atoms with van der Waals surface area (Å²) in [5, 5.41) is 1.34. The maximum absolute atomic E-state index is 2.30. The zero-order valence-electron chi connectivity index (χ0n) is 10.0. The SMILES string of the molecule is Cc1cccc(C)c1-c1cc2ccccc2s1. The molecule has 1 heteroatoms. The molecule has 0 unspecified atom stereocenters. The number of benzene rings is 2. The minimum absolute atomic E-state index is 1.34. The zero-order chi connectivity index (χ0) is 11.8. The maximum atomic E-state index is 2.30. The molecule has 1 aromatic heterocycles. The van der Waals surface area contributed by atoms with Crippen molar-refractivity contribution in [2.24, 2.45) is 0 Å². The molecule has 0 atom stereocenters. The summed E-state index contributed by atoms with van der Waals surface area (Å²) in [5.41, 5.74) is 4.11. The van der Waals surface area contributed by atoms with Crippen molar-refractivity contribution in [1.82, 2.24) is 0 Å². The molecular formula is C16H14S. The van der Waals surface area contributed by atoms with Gasteiger partial charge in [-0.3, -0.25) is 0 Å². The van der Waals surface area contributed by atoms with E-state index in [1.807, 2.05) is 11.3 Å². The molecule has 0 bridgehead atoms. The third-order valence-electron chi connectivity index (χ3n) is 3.15. The predicted octanol–water partition coefficient (Wildman–Crippen LogP) is 5.19. The van der Waals surface area contributed by atoms with E-state index in [4.69, 9.17) is 0 Å². The van der Waals surface area contributed by atoms with Crippen molar-refractivity contribution in [3.05, 3.63) is 59.7 Å². The average molecular weight is 238 g/mol. The summed E-state index contributed by atoms with van der Waals surface area (Å²) in [4.78, 5) is 1.38. The van der Waals surface area contributed by atoms with E-state index in [1.54, 1.807) is 0 Å². The maximum Gasteiger partial charge on any atom is 0.0360 e. The van der Waals surface area contributed by atoms with Crippen LogP contribution in [0.5, 0.6) is 0 Å². The Bertz CT molecular complexity index is 624. The highest BCUT2D eigenvalue weighted by Crippen LogP contribution is 2.36. The van der Waals surface area contributed by atoms with Gasteiger partial charge in [-0.25, -0.2) is 0 Å². The lowest BCUT2D eigenvalue weighted by Crippen LogP contribution is -1.84. The number of fused-ring (bicyclic) bond motifs is 1. The highest BCUT2D eigenvalue weighted by molar-refractivity contribution is 7.22. The highest BCUT2D eigenvalue weighted by atomic mass is 32.1. The molecule has 0 aliphatic carbocycles. The van der Waals surface area contributed by atoms with Crippen molar-refractivity contribution < 1.29 is 0 Å². The van der Waals surface area contributed by atoms with Gasteiger partial charge in [0.2, 0.25) is 0 Å². The molecule has 0 spiro atoms. The van der Waals surface area contributed by atoms with Gasteiger partial charge in [-0.15, -0.1) is 11.3 Å². The predicted molar refractivity (Wildman–Crippen MR) is 76.7 cm³/mol. The van der Waals surface area contributed by atoms with E-state index >= 15 is 0 Å². The van der Waals surface area contributed by atoms with Gasteiger partial charge in [0.05, 0.1) is 0 Å². The first-order valence-electron chi connectivity index (χ1n) is 5.81. The van der Waals surface area contributed by atoms with Gasteiger partial charge >= 0.3 is 0 Å². The van der Waals surface area contributed by atoms with E-state index in [0.29, 0.717) is 0 Å². The average Bonchev–Trinajstić information content (AvgIpc) is 2.71. The molecule has 0 saturated carbocycles. The summed E-state index contributed by atoms with van der Waals surface area (Å²) >= 11 is 1.88. The topological polar surface area (TPSA) is 0 Å². The van der Waals surface area contributed by atoms with Gasteiger partial charge < -0.3 is 0 Å². The number of hydrogen-bond acceptors (Lipinski definition) is 1. The van der Waals surface area contributed by atoms with Crippen molar-refractivity contribution in [3.63, 3.8) is 0 Å². The normalized spacial score (nSPS) is 10.9. The molecule has 2 aromatic carbocycles. The van der Waals surface area contributed by atoms with E-state index < -0.39 is 0 Å². The number of hydrogen-bond donors (Lipinski definition) is 0. The van der Waals surface area contributed by atoms with Crippen LogP contribution in [0.4, 0.5) is 0 Å². The van der Waals surface area contributed by atoms with Crippen molar-refractivity contribution in [2.45, 2.75) is 13.8 Å². The van der Waals surface area contributed by atoms with Crippen LogP contribution in [0.15, 0.2) is 48.5 Å². The molecule has 0 aliphatic rings. The second kappa shape index (κ2) is 4.01. The fourth-order valence-corrected chi connectivity index (χ4v) is 3.55. The first kappa shape index (κ1) is 10.5. The third-order valence-corrected chi connectivity index (χ3v) is 4.29.